The van der Waals surface area contributed by atoms with Crippen molar-refractivity contribution >= 4 is 5.95 Å². The molecular formula is C15H27N5O2. The molecule has 124 valence electrons. The average Bonchev–Trinajstić information content (AvgIpc) is 2.53. The third-order valence-electron chi connectivity index (χ3n) is 3.80. The lowest BCUT2D eigenvalue weighted by molar-refractivity contribution is -0.0164. The summed E-state index contributed by atoms with van der Waals surface area (Å²) in [5.74, 6) is 0.483. The zero-order valence-electron chi connectivity index (χ0n) is 13.8. The van der Waals surface area contributed by atoms with E-state index in [1.165, 1.54) is 0 Å². The molecule has 2 heterocycles. The van der Waals surface area contributed by atoms with Crippen LogP contribution >= 0.6 is 0 Å². The highest BCUT2D eigenvalue weighted by Crippen LogP contribution is 2.11. The predicted octanol–water partition coefficient (Wildman–Crippen LogP) is 0.492. The van der Waals surface area contributed by atoms with Crippen molar-refractivity contribution in [3.05, 3.63) is 11.4 Å². The van der Waals surface area contributed by atoms with Crippen molar-refractivity contribution in [2.45, 2.75) is 39.2 Å². The van der Waals surface area contributed by atoms with Gasteiger partial charge in [-0.05, 0) is 19.8 Å². The molecule has 0 bridgehead atoms. The maximum absolute atomic E-state index is 10.5. The number of nitrogens with zero attached hydrogens (tertiary/aromatic N) is 4. The minimum Gasteiger partial charge on any atom is -0.387 e. The summed E-state index contributed by atoms with van der Waals surface area (Å²) < 4.78 is 5.32. The first kappa shape index (κ1) is 17.1. The molecule has 0 radical (unpaired) electrons. The molecule has 2 N–H and O–H groups in total. The Hall–Kier alpha value is -1.31. The van der Waals surface area contributed by atoms with Crippen LogP contribution in [0.25, 0.3) is 0 Å². The van der Waals surface area contributed by atoms with E-state index in [0.717, 1.165) is 50.5 Å². The molecular weight excluding hydrogens is 282 g/mol. The van der Waals surface area contributed by atoms with E-state index in [1.807, 2.05) is 13.8 Å². The number of rotatable bonds is 7. The number of aryl methyl sites for hydroxylation is 2. The zero-order valence-corrected chi connectivity index (χ0v) is 13.8. The van der Waals surface area contributed by atoms with Gasteiger partial charge in [-0.2, -0.15) is 5.10 Å². The topological polar surface area (TPSA) is 83.4 Å². The molecule has 1 aromatic heterocycles. The van der Waals surface area contributed by atoms with Crippen LogP contribution in [0.15, 0.2) is 0 Å². The van der Waals surface area contributed by atoms with Gasteiger partial charge in [0.1, 0.15) is 0 Å². The van der Waals surface area contributed by atoms with Gasteiger partial charge in [-0.1, -0.05) is 13.8 Å². The fourth-order valence-corrected chi connectivity index (χ4v) is 2.58. The summed E-state index contributed by atoms with van der Waals surface area (Å²) in [6, 6.07) is 0. The smallest absolute Gasteiger partial charge is 0.243 e. The molecule has 1 unspecified atom stereocenters. The molecule has 0 aromatic carbocycles. The number of nitrogens with one attached hydrogen (secondary N) is 1. The van der Waals surface area contributed by atoms with Gasteiger partial charge < -0.3 is 15.2 Å². The van der Waals surface area contributed by atoms with Crippen molar-refractivity contribution in [1.82, 2.24) is 20.1 Å². The Morgan fingerprint density at radius 3 is 2.50 bits per heavy atom. The number of β-amino-alcohol motifs (C(OH)–C–C–N with tert-alkyl or cyclic N) is 1. The largest absolute Gasteiger partial charge is 0.387 e. The number of ether oxygens (including phenoxy) is 1. The van der Waals surface area contributed by atoms with Gasteiger partial charge in [0.2, 0.25) is 5.95 Å². The van der Waals surface area contributed by atoms with Crippen LogP contribution in [0.2, 0.25) is 0 Å². The summed E-state index contributed by atoms with van der Waals surface area (Å²) in [7, 11) is 0. The number of morpholine rings is 1. The number of hydrogen-bond donors (Lipinski definition) is 2. The van der Waals surface area contributed by atoms with Gasteiger partial charge in [-0.25, -0.2) is 4.98 Å². The third kappa shape index (κ3) is 4.86. The summed E-state index contributed by atoms with van der Waals surface area (Å²) >= 11 is 0. The quantitative estimate of drug-likeness (QED) is 0.758. The van der Waals surface area contributed by atoms with Crippen LogP contribution in [0.5, 0.6) is 0 Å². The van der Waals surface area contributed by atoms with Crippen LogP contribution in [0.4, 0.5) is 5.95 Å². The van der Waals surface area contributed by atoms with Crippen LogP contribution in [-0.4, -0.2) is 70.2 Å². The Balaban J connectivity index is 1.90. The van der Waals surface area contributed by atoms with Crippen molar-refractivity contribution < 1.29 is 9.84 Å². The molecule has 0 amide bonds. The van der Waals surface area contributed by atoms with E-state index in [2.05, 4.69) is 32.3 Å². The Bertz CT molecular complexity index is 475. The van der Waals surface area contributed by atoms with Gasteiger partial charge in [-0.15, -0.1) is 5.10 Å². The molecule has 1 saturated heterocycles. The summed E-state index contributed by atoms with van der Waals surface area (Å²) in [4.78, 5) is 6.69. The van der Waals surface area contributed by atoms with Crippen molar-refractivity contribution in [1.29, 1.82) is 0 Å². The monoisotopic (exact) mass is 309 g/mol. The number of aromatic nitrogens is 3. The molecule has 1 atom stereocenters. The molecule has 1 aliphatic rings. The summed E-state index contributed by atoms with van der Waals surface area (Å²) in [5, 5.41) is 21.9. The molecule has 1 aliphatic heterocycles. The Labute approximate surface area is 132 Å². The van der Waals surface area contributed by atoms with Gasteiger partial charge in [0.15, 0.2) is 0 Å². The number of hydrogen-bond acceptors (Lipinski definition) is 7. The molecule has 7 heteroatoms. The predicted molar refractivity (Wildman–Crippen MR) is 85.0 cm³/mol. The standard InChI is InChI=1S/C15H27N5O2/c1-4-12-13(5-2)18-19-14(17-12)16-10-15(3,21)11-20-6-8-22-9-7-20/h21H,4-11H2,1-3H3,(H,16,17,19). The van der Waals surface area contributed by atoms with Crippen molar-refractivity contribution in [3.8, 4) is 0 Å². The second kappa shape index (κ2) is 7.80. The van der Waals surface area contributed by atoms with E-state index in [9.17, 15) is 5.11 Å². The molecule has 0 spiro atoms. The van der Waals surface area contributed by atoms with E-state index in [-0.39, 0.29) is 0 Å². The van der Waals surface area contributed by atoms with E-state index >= 15 is 0 Å². The van der Waals surface area contributed by atoms with Crippen LogP contribution < -0.4 is 5.32 Å². The molecule has 1 aromatic rings. The van der Waals surface area contributed by atoms with Gasteiger partial charge in [0, 0.05) is 26.2 Å². The minimum atomic E-state index is -0.851. The van der Waals surface area contributed by atoms with E-state index in [0.29, 0.717) is 19.0 Å². The lowest BCUT2D eigenvalue weighted by Gasteiger charge is -2.33. The molecule has 0 aliphatic carbocycles. The molecule has 22 heavy (non-hydrogen) atoms. The summed E-state index contributed by atoms with van der Waals surface area (Å²) in [6.07, 6.45) is 1.66. The fraction of sp³-hybridized carbons (Fsp3) is 0.800. The van der Waals surface area contributed by atoms with Crippen LogP contribution in [0.1, 0.15) is 32.2 Å². The van der Waals surface area contributed by atoms with Gasteiger partial charge in [0.05, 0.1) is 30.2 Å². The zero-order chi connectivity index (χ0) is 16.0. The second-order valence-electron chi connectivity index (χ2n) is 5.97. The van der Waals surface area contributed by atoms with Gasteiger partial charge in [0.25, 0.3) is 0 Å². The SMILES string of the molecule is CCc1nnc(NCC(C)(O)CN2CCOCC2)nc1CC. The van der Waals surface area contributed by atoms with Crippen LogP contribution in [0, 0.1) is 0 Å². The average molecular weight is 309 g/mol. The first-order chi connectivity index (χ1) is 10.5. The Morgan fingerprint density at radius 1 is 1.18 bits per heavy atom. The van der Waals surface area contributed by atoms with E-state index < -0.39 is 5.60 Å². The highest BCUT2D eigenvalue weighted by atomic mass is 16.5. The Kier molecular flexibility index (Phi) is 6.05. The maximum atomic E-state index is 10.5. The first-order valence-corrected chi connectivity index (χ1v) is 8.03. The van der Waals surface area contributed by atoms with Crippen molar-refractivity contribution in [2.75, 3.05) is 44.7 Å². The molecule has 0 saturated carbocycles. The van der Waals surface area contributed by atoms with Crippen LogP contribution in [0.3, 0.4) is 0 Å². The minimum absolute atomic E-state index is 0.390. The number of anilines is 1. The fourth-order valence-electron chi connectivity index (χ4n) is 2.58. The highest BCUT2D eigenvalue weighted by Gasteiger charge is 2.25. The molecule has 2 rings (SSSR count). The lowest BCUT2D eigenvalue weighted by Crippen LogP contribution is -2.49. The van der Waals surface area contributed by atoms with Crippen molar-refractivity contribution in [3.63, 3.8) is 0 Å². The summed E-state index contributed by atoms with van der Waals surface area (Å²) in [6.45, 7) is 10.1. The maximum Gasteiger partial charge on any atom is 0.243 e. The third-order valence-corrected chi connectivity index (χ3v) is 3.80. The second-order valence-corrected chi connectivity index (χ2v) is 5.97. The summed E-state index contributed by atoms with van der Waals surface area (Å²) in [5.41, 5.74) is 1.05. The number of aliphatic hydroxyl groups is 1. The van der Waals surface area contributed by atoms with E-state index in [1.54, 1.807) is 0 Å². The van der Waals surface area contributed by atoms with Crippen LogP contribution in [-0.2, 0) is 17.6 Å². The first-order valence-electron chi connectivity index (χ1n) is 8.03. The van der Waals surface area contributed by atoms with Crippen molar-refractivity contribution in [2.24, 2.45) is 0 Å². The van der Waals surface area contributed by atoms with Gasteiger partial charge >= 0.3 is 0 Å². The highest BCUT2D eigenvalue weighted by molar-refractivity contribution is 5.26. The van der Waals surface area contributed by atoms with E-state index in [4.69, 9.17) is 4.74 Å². The molecule has 7 nitrogen and oxygen atoms in total. The molecule has 1 fully saturated rings. The Morgan fingerprint density at radius 2 is 1.86 bits per heavy atom. The lowest BCUT2D eigenvalue weighted by atomic mass is 10.1. The van der Waals surface area contributed by atoms with Gasteiger partial charge in [-0.3, -0.25) is 4.90 Å². The normalized spacial score (nSPS) is 18.9.